The lowest BCUT2D eigenvalue weighted by Crippen LogP contribution is -2.34. The van der Waals surface area contributed by atoms with Crippen LogP contribution in [0.1, 0.15) is 22.8 Å². The van der Waals surface area contributed by atoms with E-state index in [4.69, 9.17) is 4.74 Å². The Morgan fingerprint density at radius 3 is 2.92 bits per heavy atom. The molecule has 1 atom stereocenters. The van der Waals surface area contributed by atoms with Crippen LogP contribution in [0.2, 0.25) is 0 Å². The second-order valence-electron chi connectivity index (χ2n) is 5.36. The number of carbonyl (C=O) groups excluding carboxylic acids is 1. The molecular weight excluding hydrogens is 322 g/mol. The van der Waals surface area contributed by atoms with E-state index in [-0.39, 0.29) is 17.8 Å². The quantitative estimate of drug-likeness (QED) is 0.744. The number of aromatic nitrogens is 2. The first-order valence-corrected chi connectivity index (χ1v) is 8.51. The zero-order valence-electron chi connectivity index (χ0n) is 13.2. The molecule has 0 aliphatic rings. The van der Waals surface area contributed by atoms with Crippen molar-refractivity contribution < 1.29 is 9.53 Å². The number of amides is 1. The summed E-state index contributed by atoms with van der Waals surface area (Å²) in [5.74, 6) is 0.604. The topological polar surface area (TPSA) is 64.1 Å². The lowest BCUT2D eigenvalue weighted by atomic mass is 10.1. The van der Waals surface area contributed by atoms with Gasteiger partial charge in [0, 0.05) is 18.4 Å². The molecule has 0 radical (unpaired) electrons. The predicted molar refractivity (Wildman–Crippen MR) is 93.5 cm³/mol. The van der Waals surface area contributed by atoms with Gasteiger partial charge < -0.3 is 10.1 Å². The van der Waals surface area contributed by atoms with Crippen molar-refractivity contribution in [1.29, 1.82) is 0 Å². The monoisotopic (exact) mass is 339 g/mol. The lowest BCUT2D eigenvalue weighted by Gasteiger charge is -2.15. The van der Waals surface area contributed by atoms with Crippen molar-refractivity contribution in [3.05, 3.63) is 70.8 Å². The summed E-state index contributed by atoms with van der Waals surface area (Å²) in [4.78, 5) is 20.7. The van der Waals surface area contributed by atoms with E-state index in [1.54, 1.807) is 54.2 Å². The highest BCUT2D eigenvalue weighted by Crippen LogP contribution is 2.22. The van der Waals surface area contributed by atoms with Crippen LogP contribution >= 0.6 is 11.3 Å². The molecular formula is C18H17N3O2S. The second-order valence-corrected chi connectivity index (χ2v) is 6.14. The minimum atomic E-state index is -0.204. The summed E-state index contributed by atoms with van der Waals surface area (Å²) in [5, 5.41) is 7.11. The second kappa shape index (κ2) is 7.70. The number of rotatable bonds is 6. The number of thiophene rings is 1. The van der Waals surface area contributed by atoms with Gasteiger partial charge in [0.25, 0.3) is 5.91 Å². The number of nitrogens with one attached hydrogen (secondary N) is 1. The number of hydrogen-bond donors (Lipinski definition) is 1. The van der Waals surface area contributed by atoms with Crippen molar-refractivity contribution in [2.24, 2.45) is 0 Å². The minimum absolute atomic E-state index is 0.0125. The molecule has 0 aromatic carbocycles. The summed E-state index contributed by atoms with van der Waals surface area (Å²) in [6.07, 6.45) is 5.62. The molecule has 0 saturated carbocycles. The van der Waals surface area contributed by atoms with E-state index in [1.165, 1.54) is 5.56 Å². The molecule has 3 heterocycles. The Labute approximate surface area is 144 Å². The van der Waals surface area contributed by atoms with Gasteiger partial charge in [0.05, 0.1) is 6.20 Å². The summed E-state index contributed by atoms with van der Waals surface area (Å²) >= 11 is 1.65. The molecule has 122 valence electrons. The first kappa shape index (κ1) is 16.1. The molecule has 6 heteroatoms. The van der Waals surface area contributed by atoms with Gasteiger partial charge in [-0.2, -0.15) is 11.3 Å². The highest BCUT2D eigenvalue weighted by atomic mass is 32.1. The van der Waals surface area contributed by atoms with E-state index in [0.29, 0.717) is 11.3 Å². The molecule has 0 spiro atoms. The SMILES string of the molecule is CC(Cc1ccsc1)NC(=O)c1cccnc1Oc1cccnc1. The van der Waals surface area contributed by atoms with E-state index >= 15 is 0 Å². The number of pyridine rings is 2. The van der Waals surface area contributed by atoms with Crippen molar-refractivity contribution in [2.75, 3.05) is 0 Å². The van der Waals surface area contributed by atoms with Crippen LogP contribution < -0.4 is 10.1 Å². The van der Waals surface area contributed by atoms with Crippen LogP contribution in [0, 0.1) is 0 Å². The maximum Gasteiger partial charge on any atom is 0.257 e. The van der Waals surface area contributed by atoms with Gasteiger partial charge in [-0.25, -0.2) is 4.98 Å². The zero-order chi connectivity index (χ0) is 16.8. The molecule has 3 aromatic rings. The zero-order valence-corrected chi connectivity index (χ0v) is 14.0. The van der Waals surface area contributed by atoms with E-state index in [9.17, 15) is 4.79 Å². The van der Waals surface area contributed by atoms with Crippen molar-refractivity contribution in [3.8, 4) is 11.6 Å². The van der Waals surface area contributed by atoms with Gasteiger partial charge in [0.1, 0.15) is 11.3 Å². The molecule has 0 aliphatic heterocycles. The fraction of sp³-hybridized carbons (Fsp3) is 0.167. The maximum atomic E-state index is 12.6. The molecule has 5 nitrogen and oxygen atoms in total. The summed E-state index contributed by atoms with van der Waals surface area (Å²) in [6.45, 7) is 1.98. The van der Waals surface area contributed by atoms with Gasteiger partial charge in [0.2, 0.25) is 5.88 Å². The number of hydrogen-bond acceptors (Lipinski definition) is 5. The molecule has 0 aliphatic carbocycles. The lowest BCUT2D eigenvalue weighted by molar-refractivity contribution is 0.0937. The summed E-state index contributed by atoms with van der Waals surface area (Å²) in [7, 11) is 0. The average molecular weight is 339 g/mol. The molecule has 0 saturated heterocycles. The Bertz CT molecular complexity index is 791. The van der Waals surface area contributed by atoms with Crippen molar-refractivity contribution in [2.45, 2.75) is 19.4 Å². The van der Waals surface area contributed by atoms with Gasteiger partial charge in [-0.1, -0.05) is 0 Å². The van der Waals surface area contributed by atoms with Crippen LogP contribution in [0.15, 0.2) is 59.7 Å². The molecule has 3 aromatic heterocycles. The fourth-order valence-electron chi connectivity index (χ4n) is 2.28. The average Bonchev–Trinajstić information content (AvgIpc) is 3.09. The Balaban J connectivity index is 1.70. The molecule has 3 rings (SSSR count). The third-order valence-corrected chi connectivity index (χ3v) is 4.10. The van der Waals surface area contributed by atoms with Crippen molar-refractivity contribution in [3.63, 3.8) is 0 Å². The molecule has 1 amide bonds. The van der Waals surface area contributed by atoms with Crippen LogP contribution in [-0.4, -0.2) is 21.9 Å². The normalized spacial score (nSPS) is 11.7. The Hall–Kier alpha value is -2.73. The molecule has 1 N–H and O–H groups in total. The molecule has 0 fully saturated rings. The van der Waals surface area contributed by atoms with Crippen molar-refractivity contribution in [1.82, 2.24) is 15.3 Å². The molecule has 0 bridgehead atoms. The van der Waals surface area contributed by atoms with E-state index in [0.717, 1.165) is 6.42 Å². The molecule has 24 heavy (non-hydrogen) atoms. The Morgan fingerprint density at radius 1 is 1.29 bits per heavy atom. The van der Waals surface area contributed by atoms with E-state index in [1.807, 2.05) is 12.3 Å². The summed E-state index contributed by atoms with van der Waals surface area (Å²) in [5.41, 5.74) is 1.62. The van der Waals surface area contributed by atoms with Gasteiger partial charge in [-0.15, -0.1) is 0 Å². The smallest absolute Gasteiger partial charge is 0.257 e. The standard InChI is InChI=1S/C18H17N3O2S/c1-13(10-14-6-9-24-12-14)21-17(22)16-5-3-8-20-18(16)23-15-4-2-7-19-11-15/h2-9,11-13H,10H2,1H3,(H,21,22). The fourth-order valence-corrected chi connectivity index (χ4v) is 2.96. The Kier molecular flexibility index (Phi) is 5.18. The van der Waals surface area contributed by atoms with Crippen LogP contribution in [0.25, 0.3) is 0 Å². The first-order chi connectivity index (χ1) is 11.7. The number of carbonyl (C=O) groups is 1. The Morgan fingerprint density at radius 2 is 2.17 bits per heavy atom. The minimum Gasteiger partial charge on any atom is -0.437 e. The van der Waals surface area contributed by atoms with Crippen LogP contribution in [0.4, 0.5) is 0 Å². The molecule has 1 unspecified atom stereocenters. The van der Waals surface area contributed by atoms with Gasteiger partial charge in [-0.05, 0) is 60.0 Å². The van der Waals surface area contributed by atoms with Gasteiger partial charge in [0.15, 0.2) is 0 Å². The largest absolute Gasteiger partial charge is 0.437 e. The van der Waals surface area contributed by atoms with Crippen LogP contribution in [0.3, 0.4) is 0 Å². The third-order valence-electron chi connectivity index (χ3n) is 3.36. The number of ether oxygens (including phenoxy) is 1. The van der Waals surface area contributed by atoms with Crippen molar-refractivity contribution >= 4 is 17.2 Å². The van der Waals surface area contributed by atoms with Crippen LogP contribution in [0.5, 0.6) is 11.6 Å². The van der Waals surface area contributed by atoms with Gasteiger partial charge in [-0.3, -0.25) is 9.78 Å². The van der Waals surface area contributed by atoms with Gasteiger partial charge >= 0.3 is 0 Å². The highest BCUT2D eigenvalue weighted by molar-refractivity contribution is 7.07. The maximum absolute atomic E-state index is 12.6. The number of nitrogens with zero attached hydrogens (tertiary/aromatic N) is 2. The predicted octanol–water partition coefficient (Wildman–Crippen LogP) is 3.69. The van der Waals surface area contributed by atoms with E-state index < -0.39 is 0 Å². The van der Waals surface area contributed by atoms with E-state index in [2.05, 4.69) is 26.7 Å². The highest BCUT2D eigenvalue weighted by Gasteiger charge is 2.16. The summed E-state index contributed by atoms with van der Waals surface area (Å²) in [6, 6.07) is 9.02. The third kappa shape index (κ3) is 4.17. The van der Waals surface area contributed by atoms with Crippen LogP contribution in [-0.2, 0) is 6.42 Å². The summed E-state index contributed by atoms with van der Waals surface area (Å²) < 4.78 is 5.69. The first-order valence-electron chi connectivity index (χ1n) is 7.57.